The van der Waals surface area contributed by atoms with Crippen molar-refractivity contribution < 1.29 is 14.3 Å². The summed E-state index contributed by atoms with van der Waals surface area (Å²) in [5.74, 6) is 1.31. The van der Waals surface area contributed by atoms with Gasteiger partial charge in [-0.15, -0.1) is 0 Å². The van der Waals surface area contributed by atoms with Gasteiger partial charge >= 0.3 is 0 Å². The van der Waals surface area contributed by atoms with Gasteiger partial charge in [-0.1, -0.05) is 0 Å². The summed E-state index contributed by atoms with van der Waals surface area (Å²) in [6.45, 7) is 3.09. The zero-order chi connectivity index (χ0) is 25.9. The normalized spacial score (nSPS) is 13.5. The van der Waals surface area contributed by atoms with Gasteiger partial charge < -0.3 is 30.3 Å². The van der Waals surface area contributed by atoms with E-state index in [1.54, 1.807) is 37.3 Å². The molecule has 12 heteroatoms. The number of anilines is 5. The molecule has 11 nitrogen and oxygen atoms in total. The first-order chi connectivity index (χ1) is 18.0. The van der Waals surface area contributed by atoms with E-state index in [2.05, 4.69) is 51.8 Å². The number of benzene rings is 2. The second-order valence-corrected chi connectivity index (χ2v) is 9.28. The summed E-state index contributed by atoms with van der Waals surface area (Å²) in [6, 6.07) is 9.65. The topological polar surface area (TPSA) is 118 Å². The summed E-state index contributed by atoms with van der Waals surface area (Å²) in [5.41, 5.74) is 3.71. The van der Waals surface area contributed by atoms with Crippen molar-refractivity contribution in [1.29, 1.82) is 0 Å². The van der Waals surface area contributed by atoms with Crippen molar-refractivity contribution in [2.24, 2.45) is 7.05 Å². The van der Waals surface area contributed by atoms with Crippen LogP contribution in [0.25, 0.3) is 10.9 Å². The van der Waals surface area contributed by atoms with Gasteiger partial charge in [0.15, 0.2) is 0 Å². The highest BCUT2D eigenvalue weighted by Crippen LogP contribution is 2.34. The zero-order valence-corrected chi connectivity index (χ0v) is 22.3. The van der Waals surface area contributed by atoms with Crippen LogP contribution in [0.1, 0.15) is 10.4 Å². The van der Waals surface area contributed by atoms with E-state index in [1.807, 2.05) is 31.3 Å². The number of hydrogen-bond donors (Lipinski definition) is 3. The summed E-state index contributed by atoms with van der Waals surface area (Å²) >= 11 is 3.51. The van der Waals surface area contributed by atoms with Gasteiger partial charge in [0.25, 0.3) is 5.91 Å². The minimum Gasteiger partial charge on any atom is -0.494 e. The fraction of sp³-hybridized carbons (Fsp3) is 0.280. The number of aromatic nitrogens is 4. The van der Waals surface area contributed by atoms with Crippen LogP contribution in [0.4, 0.5) is 28.8 Å². The molecule has 3 N–H and O–H groups in total. The van der Waals surface area contributed by atoms with Crippen LogP contribution in [0.3, 0.4) is 0 Å². The number of ether oxygens (including phenoxy) is 2. The number of nitrogens with one attached hydrogen (secondary N) is 3. The third-order valence-electron chi connectivity index (χ3n) is 6.16. The number of morpholine rings is 1. The zero-order valence-electron chi connectivity index (χ0n) is 20.7. The molecule has 5 rings (SSSR count). The number of aryl methyl sites for hydroxylation is 1. The van der Waals surface area contributed by atoms with E-state index in [1.165, 1.54) is 0 Å². The van der Waals surface area contributed by atoms with Crippen molar-refractivity contribution in [2.75, 3.05) is 56.0 Å². The van der Waals surface area contributed by atoms with E-state index in [-0.39, 0.29) is 5.91 Å². The summed E-state index contributed by atoms with van der Waals surface area (Å²) in [4.78, 5) is 24.0. The number of methoxy groups -OCH3 is 1. The summed E-state index contributed by atoms with van der Waals surface area (Å²) in [5, 5.41) is 14.4. The van der Waals surface area contributed by atoms with Crippen LogP contribution in [0.5, 0.6) is 5.75 Å². The number of halogens is 1. The molecule has 1 amide bonds. The molecule has 0 radical (unpaired) electrons. The summed E-state index contributed by atoms with van der Waals surface area (Å²) < 4.78 is 13.5. The van der Waals surface area contributed by atoms with Gasteiger partial charge in [0.05, 0.1) is 53.4 Å². The molecule has 0 spiro atoms. The van der Waals surface area contributed by atoms with Crippen molar-refractivity contribution in [3.8, 4) is 5.75 Å². The second-order valence-electron chi connectivity index (χ2n) is 8.43. The largest absolute Gasteiger partial charge is 0.494 e. The molecule has 0 aliphatic carbocycles. The lowest BCUT2D eigenvalue weighted by atomic mass is 10.1. The predicted octanol–water partition coefficient (Wildman–Crippen LogP) is 3.82. The van der Waals surface area contributed by atoms with Crippen LogP contribution >= 0.6 is 15.9 Å². The summed E-state index contributed by atoms with van der Waals surface area (Å²) in [7, 11) is 5.07. The maximum absolute atomic E-state index is 12.6. The number of rotatable bonds is 7. The van der Waals surface area contributed by atoms with Crippen LogP contribution in [0.2, 0.25) is 0 Å². The smallest absolute Gasteiger partial charge is 0.253 e. The van der Waals surface area contributed by atoms with Crippen molar-refractivity contribution in [3.63, 3.8) is 0 Å². The van der Waals surface area contributed by atoms with Crippen LogP contribution in [0.15, 0.2) is 47.2 Å². The van der Waals surface area contributed by atoms with Crippen molar-refractivity contribution in [3.05, 3.63) is 52.8 Å². The third-order valence-corrected chi connectivity index (χ3v) is 6.74. The fourth-order valence-corrected chi connectivity index (χ4v) is 4.48. The summed E-state index contributed by atoms with van der Waals surface area (Å²) in [6.07, 6.45) is 3.40. The van der Waals surface area contributed by atoms with Gasteiger partial charge in [0.1, 0.15) is 11.6 Å². The van der Waals surface area contributed by atoms with Gasteiger partial charge in [-0.2, -0.15) is 10.1 Å². The van der Waals surface area contributed by atoms with E-state index in [9.17, 15) is 4.79 Å². The molecule has 1 fully saturated rings. The highest BCUT2D eigenvalue weighted by molar-refractivity contribution is 9.10. The van der Waals surface area contributed by atoms with Gasteiger partial charge in [-0.05, 0) is 40.2 Å². The molecule has 192 valence electrons. The average Bonchev–Trinajstić information content (AvgIpc) is 3.29. The molecule has 0 saturated carbocycles. The van der Waals surface area contributed by atoms with E-state index < -0.39 is 0 Å². The lowest BCUT2D eigenvalue weighted by Crippen LogP contribution is -2.36. The molecular formula is C25H27BrN8O3. The number of amides is 1. The SMILES string of the molecule is CNC(=O)c1cc2c(cnn2C)cc1Nc1nc(Nc2ccc(N3CCOCC3)cc2OC)ncc1Br. The van der Waals surface area contributed by atoms with Crippen molar-refractivity contribution >= 4 is 61.6 Å². The van der Waals surface area contributed by atoms with Crippen LogP contribution in [0, 0.1) is 0 Å². The van der Waals surface area contributed by atoms with Gasteiger partial charge in [0, 0.05) is 50.5 Å². The Labute approximate surface area is 222 Å². The monoisotopic (exact) mass is 566 g/mol. The molecule has 2 aromatic heterocycles. The molecule has 3 heterocycles. The standard InChI is InChI=1S/C25H27BrN8O3/c1-27-24(35)17-12-21-15(13-29-33(21)2)10-20(17)30-23-18(26)14-28-25(32-23)31-19-5-4-16(11-22(19)36-3)34-6-8-37-9-7-34/h4-5,10-14H,6-9H2,1-3H3,(H,27,35)(H2,28,30,31,32). The number of hydrogen-bond acceptors (Lipinski definition) is 9. The molecular weight excluding hydrogens is 540 g/mol. The molecule has 1 aliphatic rings. The Kier molecular flexibility index (Phi) is 7.10. The number of fused-ring (bicyclic) bond motifs is 1. The van der Waals surface area contributed by atoms with Crippen LogP contribution in [-0.2, 0) is 11.8 Å². The molecule has 0 unspecified atom stereocenters. The first-order valence-electron chi connectivity index (χ1n) is 11.7. The Hall–Kier alpha value is -3.90. The highest BCUT2D eigenvalue weighted by Gasteiger charge is 2.17. The lowest BCUT2D eigenvalue weighted by Gasteiger charge is -2.29. The first kappa shape index (κ1) is 24.8. The molecule has 1 aliphatic heterocycles. The predicted molar refractivity (Wildman–Crippen MR) is 146 cm³/mol. The van der Waals surface area contributed by atoms with E-state index in [0.29, 0.717) is 46.5 Å². The van der Waals surface area contributed by atoms with E-state index >= 15 is 0 Å². The van der Waals surface area contributed by atoms with Gasteiger partial charge in [-0.25, -0.2) is 4.98 Å². The first-order valence-corrected chi connectivity index (χ1v) is 12.5. The van der Waals surface area contributed by atoms with Gasteiger partial charge in [-0.3, -0.25) is 9.48 Å². The lowest BCUT2D eigenvalue weighted by molar-refractivity contribution is 0.0964. The molecule has 0 bridgehead atoms. The fourth-order valence-electron chi connectivity index (χ4n) is 4.19. The van der Waals surface area contributed by atoms with Crippen LogP contribution < -0.4 is 25.6 Å². The van der Waals surface area contributed by atoms with E-state index in [4.69, 9.17) is 9.47 Å². The maximum Gasteiger partial charge on any atom is 0.253 e. The third kappa shape index (κ3) is 5.16. The quantitative estimate of drug-likeness (QED) is 0.306. The van der Waals surface area contributed by atoms with Gasteiger partial charge in [0.2, 0.25) is 5.95 Å². The number of carbonyl (C=O) groups excluding carboxylic acids is 1. The minimum absolute atomic E-state index is 0.223. The highest BCUT2D eigenvalue weighted by atomic mass is 79.9. The van der Waals surface area contributed by atoms with Crippen molar-refractivity contribution in [2.45, 2.75) is 0 Å². The Bertz CT molecular complexity index is 1450. The molecule has 2 aromatic carbocycles. The van der Waals surface area contributed by atoms with Crippen LogP contribution in [-0.4, -0.2) is 66.1 Å². The molecule has 1 saturated heterocycles. The Morgan fingerprint density at radius 2 is 1.92 bits per heavy atom. The second kappa shape index (κ2) is 10.6. The van der Waals surface area contributed by atoms with Crippen molar-refractivity contribution in [1.82, 2.24) is 25.1 Å². The number of nitrogens with zero attached hydrogens (tertiary/aromatic N) is 5. The molecule has 4 aromatic rings. The molecule has 37 heavy (non-hydrogen) atoms. The molecule has 0 atom stereocenters. The van der Waals surface area contributed by atoms with E-state index in [0.717, 1.165) is 35.4 Å². The average molecular weight is 567 g/mol. The Balaban J connectivity index is 1.43. The maximum atomic E-state index is 12.6. The minimum atomic E-state index is -0.223. The Morgan fingerprint density at radius 3 is 2.68 bits per heavy atom. The Morgan fingerprint density at radius 1 is 1.11 bits per heavy atom. The number of carbonyl (C=O) groups is 1.